The van der Waals surface area contributed by atoms with Gasteiger partial charge in [0.1, 0.15) is 0 Å². The number of rotatable bonds is 0. The van der Waals surface area contributed by atoms with Crippen LogP contribution in [-0.4, -0.2) is 15.2 Å². The lowest BCUT2D eigenvalue weighted by molar-refractivity contribution is 1.10. The first kappa shape index (κ1) is 7.25. The van der Waals surface area contributed by atoms with Crippen LogP contribution in [-0.2, 0) is 0 Å². The van der Waals surface area contributed by atoms with Gasteiger partial charge in [-0.15, -0.1) is 0 Å². The number of nitrogens with one attached hydrogen (secondary N) is 1. The maximum absolute atomic E-state index is 6.81. The fourth-order valence-electron chi connectivity index (χ4n) is 0.923. The van der Waals surface area contributed by atoms with Gasteiger partial charge in [0.2, 0.25) is 5.65 Å². The van der Waals surface area contributed by atoms with Crippen LogP contribution >= 0.6 is 15.9 Å². The average Bonchev–Trinajstić information content (AvgIpc) is 2.49. The summed E-state index contributed by atoms with van der Waals surface area (Å²) in [6.45, 7) is 6.81. The standard InChI is InChI=1S/C7H3BrN4/c1-9-7-5(8)2-4-3-10-12-6(4)11-7/h2-3H,(H,10,11,12). The molecular formula is C7H3BrN4. The van der Waals surface area contributed by atoms with Gasteiger partial charge in [0, 0.05) is 4.47 Å². The number of halogens is 1. The van der Waals surface area contributed by atoms with Crippen LogP contribution in [0, 0.1) is 6.57 Å². The molecule has 0 aliphatic heterocycles. The van der Waals surface area contributed by atoms with Crippen LogP contribution in [0.2, 0.25) is 0 Å². The molecule has 0 unspecified atom stereocenters. The van der Waals surface area contributed by atoms with Crippen LogP contribution in [0.5, 0.6) is 0 Å². The van der Waals surface area contributed by atoms with Crippen LogP contribution in [0.25, 0.3) is 15.9 Å². The molecule has 0 fully saturated rings. The molecule has 2 rings (SSSR count). The summed E-state index contributed by atoms with van der Waals surface area (Å²) < 4.78 is 0.700. The minimum atomic E-state index is 0.353. The molecule has 1 N–H and O–H groups in total. The van der Waals surface area contributed by atoms with E-state index < -0.39 is 0 Å². The largest absolute Gasteiger partial charge is 0.360 e. The molecule has 0 saturated heterocycles. The van der Waals surface area contributed by atoms with Crippen molar-refractivity contribution in [2.45, 2.75) is 0 Å². The van der Waals surface area contributed by atoms with E-state index >= 15 is 0 Å². The molecule has 58 valence electrons. The summed E-state index contributed by atoms with van der Waals surface area (Å²) in [5.74, 6) is 0.353. The van der Waals surface area contributed by atoms with E-state index in [2.05, 4.69) is 36.0 Å². The van der Waals surface area contributed by atoms with Crippen LogP contribution in [0.3, 0.4) is 0 Å². The van der Waals surface area contributed by atoms with Crippen molar-refractivity contribution in [2.75, 3.05) is 0 Å². The van der Waals surface area contributed by atoms with Crippen molar-refractivity contribution in [2.24, 2.45) is 0 Å². The summed E-state index contributed by atoms with van der Waals surface area (Å²) in [6.07, 6.45) is 1.67. The quantitative estimate of drug-likeness (QED) is 0.696. The fraction of sp³-hybridized carbons (Fsp3) is 0. The monoisotopic (exact) mass is 222 g/mol. The third kappa shape index (κ3) is 0.970. The summed E-state index contributed by atoms with van der Waals surface area (Å²) in [4.78, 5) is 7.28. The molecule has 2 aromatic rings. The fourth-order valence-corrected chi connectivity index (χ4v) is 1.35. The van der Waals surface area contributed by atoms with Crippen molar-refractivity contribution in [1.29, 1.82) is 0 Å². The summed E-state index contributed by atoms with van der Waals surface area (Å²) in [5.41, 5.74) is 0.643. The lowest BCUT2D eigenvalue weighted by atomic mass is 10.3. The molecule has 0 radical (unpaired) electrons. The Balaban J connectivity index is 2.84. The summed E-state index contributed by atoms with van der Waals surface area (Å²) in [6, 6.07) is 1.82. The van der Waals surface area contributed by atoms with Crippen LogP contribution < -0.4 is 0 Å². The summed E-state index contributed by atoms with van der Waals surface area (Å²) >= 11 is 3.24. The van der Waals surface area contributed by atoms with Gasteiger partial charge in [-0.1, -0.05) is 27.5 Å². The Morgan fingerprint density at radius 1 is 1.58 bits per heavy atom. The number of nitrogens with zero attached hydrogens (tertiary/aromatic N) is 3. The Bertz CT molecular complexity index is 468. The highest BCUT2D eigenvalue weighted by atomic mass is 79.9. The van der Waals surface area contributed by atoms with E-state index in [1.54, 1.807) is 6.20 Å². The maximum Gasteiger partial charge on any atom is 0.286 e. The molecular weight excluding hydrogens is 220 g/mol. The number of fused-ring (bicyclic) bond motifs is 1. The first-order valence-electron chi connectivity index (χ1n) is 3.18. The normalized spacial score (nSPS) is 10.0. The van der Waals surface area contributed by atoms with Gasteiger partial charge in [0.25, 0.3) is 5.82 Å². The number of aromatic amines is 1. The number of hydrogen-bond donors (Lipinski definition) is 1. The molecule has 2 heterocycles. The van der Waals surface area contributed by atoms with Crippen LogP contribution in [0.15, 0.2) is 16.7 Å². The zero-order valence-electron chi connectivity index (χ0n) is 5.87. The van der Waals surface area contributed by atoms with Crippen molar-refractivity contribution >= 4 is 32.8 Å². The van der Waals surface area contributed by atoms with Gasteiger partial charge in [-0.2, -0.15) is 5.10 Å². The van der Waals surface area contributed by atoms with Crippen molar-refractivity contribution in [3.63, 3.8) is 0 Å². The van der Waals surface area contributed by atoms with Gasteiger partial charge >= 0.3 is 0 Å². The van der Waals surface area contributed by atoms with E-state index in [9.17, 15) is 0 Å². The van der Waals surface area contributed by atoms with E-state index in [1.807, 2.05) is 6.07 Å². The molecule has 0 amide bonds. The molecule has 2 aromatic heterocycles. The molecule has 0 atom stereocenters. The van der Waals surface area contributed by atoms with E-state index in [0.717, 1.165) is 5.39 Å². The number of aromatic nitrogens is 3. The molecule has 0 aliphatic rings. The third-order valence-electron chi connectivity index (χ3n) is 1.47. The third-order valence-corrected chi connectivity index (χ3v) is 2.05. The number of hydrogen-bond acceptors (Lipinski definition) is 2. The zero-order chi connectivity index (χ0) is 8.55. The lowest BCUT2D eigenvalue weighted by Gasteiger charge is -1.91. The molecule has 0 saturated carbocycles. The molecule has 5 heteroatoms. The summed E-state index contributed by atoms with van der Waals surface area (Å²) in [5, 5.41) is 7.40. The van der Waals surface area contributed by atoms with E-state index in [1.165, 1.54) is 0 Å². The Labute approximate surface area is 76.6 Å². The van der Waals surface area contributed by atoms with E-state index in [4.69, 9.17) is 6.57 Å². The van der Waals surface area contributed by atoms with Gasteiger partial charge in [-0.25, -0.2) is 5.10 Å². The highest BCUT2D eigenvalue weighted by Gasteiger charge is 2.06. The Kier molecular flexibility index (Phi) is 1.55. The second kappa shape index (κ2) is 2.57. The Morgan fingerprint density at radius 2 is 2.42 bits per heavy atom. The van der Waals surface area contributed by atoms with Gasteiger partial charge in [0.05, 0.1) is 11.6 Å². The number of pyridine rings is 1. The lowest BCUT2D eigenvalue weighted by Crippen LogP contribution is -1.77. The van der Waals surface area contributed by atoms with Crippen molar-refractivity contribution < 1.29 is 0 Å². The Hall–Kier alpha value is -1.41. The van der Waals surface area contributed by atoms with Crippen molar-refractivity contribution in [3.05, 3.63) is 28.2 Å². The van der Waals surface area contributed by atoms with Gasteiger partial charge in [-0.05, 0) is 6.07 Å². The zero-order valence-corrected chi connectivity index (χ0v) is 7.46. The predicted octanol–water partition coefficient (Wildman–Crippen LogP) is 2.27. The van der Waals surface area contributed by atoms with Crippen LogP contribution in [0.1, 0.15) is 0 Å². The van der Waals surface area contributed by atoms with Crippen molar-refractivity contribution in [1.82, 2.24) is 15.2 Å². The number of H-pyrrole nitrogens is 1. The van der Waals surface area contributed by atoms with Gasteiger partial charge in [-0.3, -0.25) is 0 Å². The molecule has 4 nitrogen and oxygen atoms in total. The van der Waals surface area contributed by atoms with Crippen molar-refractivity contribution in [3.8, 4) is 0 Å². The minimum absolute atomic E-state index is 0.353. The maximum atomic E-state index is 6.81. The summed E-state index contributed by atoms with van der Waals surface area (Å²) in [7, 11) is 0. The second-order valence-electron chi connectivity index (χ2n) is 2.21. The molecule has 0 aliphatic carbocycles. The average molecular weight is 223 g/mol. The molecule has 12 heavy (non-hydrogen) atoms. The SMILES string of the molecule is [C-]#[N+]c1nc2[nH]ncc2cc1Br. The minimum Gasteiger partial charge on any atom is -0.360 e. The van der Waals surface area contributed by atoms with Crippen LogP contribution in [0.4, 0.5) is 5.82 Å². The molecule has 0 bridgehead atoms. The molecule has 0 aromatic carbocycles. The smallest absolute Gasteiger partial charge is 0.286 e. The highest BCUT2D eigenvalue weighted by molar-refractivity contribution is 9.10. The first-order chi connectivity index (χ1) is 5.81. The van der Waals surface area contributed by atoms with E-state index in [-0.39, 0.29) is 0 Å². The second-order valence-corrected chi connectivity index (χ2v) is 3.07. The Morgan fingerprint density at radius 3 is 3.17 bits per heavy atom. The highest BCUT2D eigenvalue weighted by Crippen LogP contribution is 2.25. The van der Waals surface area contributed by atoms with Gasteiger partial charge in [0.15, 0.2) is 0 Å². The first-order valence-corrected chi connectivity index (χ1v) is 3.97. The topological polar surface area (TPSA) is 45.9 Å². The van der Waals surface area contributed by atoms with Gasteiger partial charge < -0.3 is 4.85 Å². The predicted molar refractivity (Wildman–Crippen MR) is 47.9 cm³/mol. The van der Waals surface area contributed by atoms with E-state index in [0.29, 0.717) is 15.9 Å². The molecule has 0 spiro atoms.